The lowest BCUT2D eigenvalue weighted by atomic mass is 10.2. The maximum absolute atomic E-state index is 12.8. The molecular weight excluding hydrogens is 301 g/mol. The van der Waals surface area contributed by atoms with E-state index in [4.69, 9.17) is 0 Å². The van der Waals surface area contributed by atoms with Crippen LogP contribution in [-0.2, 0) is 0 Å². The van der Waals surface area contributed by atoms with Crippen LogP contribution in [0.1, 0.15) is 41.4 Å². The van der Waals surface area contributed by atoms with E-state index in [0.717, 1.165) is 22.8 Å². The molecule has 0 aliphatic heterocycles. The fourth-order valence-corrected chi connectivity index (χ4v) is 2.99. The number of rotatable bonds is 7. The zero-order chi connectivity index (χ0) is 15.4. The maximum Gasteiger partial charge on any atom is 0.271 e. The number of carbonyl (C=O) groups excluding carboxylic acids is 1. The molecule has 6 heteroatoms. The summed E-state index contributed by atoms with van der Waals surface area (Å²) in [6.07, 6.45) is 3.22. The molecule has 2 N–H and O–H groups in total. The first-order valence-electron chi connectivity index (χ1n) is 7.44. The van der Waals surface area contributed by atoms with E-state index >= 15 is 0 Å². The van der Waals surface area contributed by atoms with Gasteiger partial charge in [0.15, 0.2) is 0 Å². The van der Waals surface area contributed by atoms with Crippen LogP contribution in [0.4, 0.5) is 4.39 Å². The average molecular weight is 319 g/mol. The molecule has 116 valence electrons. The monoisotopic (exact) mass is 319 g/mol. The molecule has 4 nitrogen and oxygen atoms in total. The number of halogens is 1. The van der Waals surface area contributed by atoms with E-state index < -0.39 is 0 Å². The Hall–Kier alpha value is -1.82. The third kappa shape index (κ3) is 4.10. The quantitative estimate of drug-likeness (QED) is 0.608. The molecule has 1 aromatic carbocycles. The van der Waals surface area contributed by atoms with Gasteiger partial charge in [0.1, 0.15) is 11.5 Å². The van der Waals surface area contributed by atoms with Crippen LogP contribution in [-0.4, -0.2) is 28.4 Å². The first-order valence-corrected chi connectivity index (χ1v) is 8.43. The van der Waals surface area contributed by atoms with E-state index in [2.05, 4.69) is 15.5 Å². The number of aromatic nitrogens is 2. The van der Waals surface area contributed by atoms with Crippen molar-refractivity contribution in [2.45, 2.75) is 30.1 Å². The second-order valence-electron chi connectivity index (χ2n) is 5.39. The Balaban J connectivity index is 1.35. The maximum atomic E-state index is 12.8. The van der Waals surface area contributed by atoms with Gasteiger partial charge in [0.2, 0.25) is 0 Å². The molecule has 1 heterocycles. The van der Waals surface area contributed by atoms with Crippen molar-refractivity contribution < 1.29 is 9.18 Å². The Labute approximate surface area is 132 Å². The predicted molar refractivity (Wildman–Crippen MR) is 84.6 cm³/mol. The summed E-state index contributed by atoms with van der Waals surface area (Å²) in [5.74, 6) is 1.09. The Morgan fingerprint density at radius 3 is 2.86 bits per heavy atom. The molecule has 1 saturated carbocycles. The van der Waals surface area contributed by atoms with Crippen LogP contribution < -0.4 is 5.32 Å². The normalized spacial score (nSPS) is 14.0. The van der Waals surface area contributed by atoms with E-state index in [1.54, 1.807) is 23.9 Å². The average Bonchev–Trinajstić information content (AvgIpc) is 3.26. The van der Waals surface area contributed by atoms with Crippen molar-refractivity contribution in [3.8, 4) is 0 Å². The highest BCUT2D eigenvalue weighted by molar-refractivity contribution is 7.99. The molecule has 0 bridgehead atoms. The van der Waals surface area contributed by atoms with Gasteiger partial charge < -0.3 is 5.32 Å². The lowest BCUT2D eigenvalue weighted by molar-refractivity contribution is 0.0949. The van der Waals surface area contributed by atoms with Gasteiger partial charge >= 0.3 is 0 Å². The van der Waals surface area contributed by atoms with E-state index in [0.29, 0.717) is 18.2 Å². The molecule has 0 unspecified atom stereocenters. The molecular formula is C16H18FN3OS. The number of carbonyl (C=O) groups is 1. The standard InChI is InChI=1S/C16H18FN3OS/c17-12-4-6-13(7-5-12)22-9-1-8-18-16(21)15-10-14(19-20-15)11-2-3-11/h4-7,10-11H,1-3,8-9H2,(H,18,21)(H,19,20). The molecule has 0 radical (unpaired) electrons. The van der Waals surface area contributed by atoms with Gasteiger partial charge in [0.05, 0.1) is 0 Å². The third-order valence-electron chi connectivity index (χ3n) is 3.54. The minimum atomic E-state index is -0.221. The molecule has 1 fully saturated rings. The summed E-state index contributed by atoms with van der Waals surface area (Å²) in [7, 11) is 0. The Morgan fingerprint density at radius 2 is 2.14 bits per heavy atom. The topological polar surface area (TPSA) is 57.8 Å². The van der Waals surface area contributed by atoms with E-state index in [9.17, 15) is 9.18 Å². The summed E-state index contributed by atoms with van der Waals surface area (Å²) in [5.41, 5.74) is 1.53. The van der Waals surface area contributed by atoms with Crippen molar-refractivity contribution in [3.63, 3.8) is 0 Å². The van der Waals surface area contributed by atoms with Crippen LogP contribution in [0.15, 0.2) is 35.2 Å². The number of amides is 1. The molecule has 3 rings (SSSR count). The molecule has 1 aromatic heterocycles. The predicted octanol–water partition coefficient (Wildman–Crippen LogP) is 3.34. The molecule has 2 aromatic rings. The van der Waals surface area contributed by atoms with E-state index in [-0.39, 0.29) is 11.7 Å². The summed E-state index contributed by atoms with van der Waals surface area (Å²) in [5, 5.41) is 9.86. The van der Waals surface area contributed by atoms with Crippen LogP contribution in [0.5, 0.6) is 0 Å². The lowest BCUT2D eigenvalue weighted by Crippen LogP contribution is -2.25. The number of nitrogens with one attached hydrogen (secondary N) is 2. The SMILES string of the molecule is O=C(NCCCSc1ccc(F)cc1)c1cc(C2CC2)[nH]n1. The molecule has 22 heavy (non-hydrogen) atoms. The van der Waals surface area contributed by atoms with Crippen molar-refractivity contribution >= 4 is 17.7 Å². The third-order valence-corrected chi connectivity index (χ3v) is 4.63. The van der Waals surface area contributed by atoms with Crippen molar-refractivity contribution in [1.82, 2.24) is 15.5 Å². The molecule has 1 aliphatic rings. The highest BCUT2D eigenvalue weighted by atomic mass is 32.2. The van der Waals surface area contributed by atoms with E-state index in [1.807, 2.05) is 6.07 Å². The number of hydrogen-bond acceptors (Lipinski definition) is 3. The summed E-state index contributed by atoms with van der Waals surface area (Å²) in [4.78, 5) is 13.0. The second kappa shape index (κ2) is 6.96. The highest BCUT2D eigenvalue weighted by Crippen LogP contribution is 2.38. The van der Waals surface area contributed by atoms with Crippen LogP contribution >= 0.6 is 11.8 Å². The van der Waals surface area contributed by atoms with Crippen LogP contribution in [0.3, 0.4) is 0 Å². The van der Waals surface area contributed by atoms with Gasteiger partial charge in [0.25, 0.3) is 5.91 Å². The molecule has 1 aliphatic carbocycles. The van der Waals surface area contributed by atoms with Gasteiger partial charge in [-0.25, -0.2) is 4.39 Å². The minimum Gasteiger partial charge on any atom is -0.351 e. The second-order valence-corrected chi connectivity index (χ2v) is 6.56. The summed E-state index contributed by atoms with van der Waals surface area (Å²) < 4.78 is 12.8. The van der Waals surface area contributed by atoms with Crippen molar-refractivity contribution in [3.05, 3.63) is 47.5 Å². The van der Waals surface area contributed by atoms with Gasteiger partial charge in [-0.3, -0.25) is 9.89 Å². The van der Waals surface area contributed by atoms with Crippen molar-refractivity contribution in [2.75, 3.05) is 12.3 Å². The Kier molecular flexibility index (Phi) is 4.77. The largest absolute Gasteiger partial charge is 0.351 e. The van der Waals surface area contributed by atoms with Crippen LogP contribution in [0.25, 0.3) is 0 Å². The smallest absolute Gasteiger partial charge is 0.271 e. The van der Waals surface area contributed by atoms with Crippen molar-refractivity contribution in [1.29, 1.82) is 0 Å². The zero-order valence-corrected chi connectivity index (χ0v) is 13.0. The zero-order valence-electron chi connectivity index (χ0n) is 12.1. The summed E-state index contributed by atoms with van der Waals surface area (Å²) >= 11 is 1.65. The fraction of sp³-hybridized carbons (Fsp3) is 0.375. The van der Waals surface area contributed by atoms with Gasteiger partial charge in [-0.05, 0) is 55.3 Å². The molecule has 0 saturated heterocycles. The highest BCUT2D eigenvalue weighted by Gasteiger charge is 2.26. The van der Waals surface area contributed by atoms with Gasteiger partial charge in [0, 0.05) is 23.1 Å². The van der Waals surface area contributed by atoms with Gasteiger partial charge in [-0.15, -0.1) is 11.8 Å². The van der Waals surface area contributed by atoms with Crippen LogP contribution in [0.2, 0.25) is 0 Å². The molecule has 0 spiro atoms. The number of benzene rings is 1. The molecule has 1 amide bonds. The lowest BCUT2D eigenvalue weighted by Gasteiger charge is -2.03. The molecule has 0 atom stereocenters. The number of nitrogens with zero attached hydrogens (tertiary/aromatic N) is 1. The Morgan fingerprint density at radius 1 is 1.36 bits per heavy atom. The minimum absolute atomic E-state index is 0.130. The number of aromatic amines is 1. The fourth-order valence-electron chi connectivity index (χ4n) is 2.14. The number of thioether (sulfide) groups is 1. The number of H-pyrrole nitrogens is 1. The first kappa shape index (κ1) is 15.1. The first-order chi connectivity index (χ1) is 10.7. The van der Waals surface area contributed by atoms with Gasteiger partial charge in [-0.2, -0.15) is 5.10 Å². The van der Waals surface area contributed by atoms with Crippen molar-refractivity contribution in [2.24, 2.45) is 0 Å². The Bertz CT molecular complexity index is 637. The van der Waals surface area contributed by atoms with E-state index in [1.165, 1.54) is 25.0 Å². The van der Waals surface area contributed by atoms with Gasteiger partial charge in [-0.1, -0.05) is 0 Å². The summed E-state index contributed by atoms with van der Waals surface area (Å²) in [6.45, 7) is 0.610. The van der Waals surface area contributed by atoms with Crippen LogP contribution in [0, 0.1) is 5.82 Å². The number of hydrogen-bond donors (Lipinski definition) is 2. The summed E-state index contributed by atoms with van der Waals surface area (Å²) in [6, 6.07) is 8.29.